The standard InChI is InChI=1S/C37H44ClN5O9/c38-26-8-10-28(11-9-26)50-19-5-3-1-2-4-6-27(41-23-40)20-24-14-17-43(18-15-24)22-25-7-12-30(29(21-25)42-31(44)13-16-39)51-37-34(47)32(45)33(46)35(52-37)36(48)49/h7-12,14-15,17-18,21,32-35,37,45-47H,1-6,13,16,19-20,22,39H2,(H-,42,44,48,49)/p+1/t32-,33-,34+,35-,37+/m0/s1. The lowest BCUT2D eigenvalue weighted by Crippen LogP contribution is -2.61. The number of unbranched alkanes of at least 4 members (excludes halogenated alkanes) is 4. The molecule has 15 heteroatoms. The summed E-state index contributed by atoms with van der Waals surface area (Å²) in [7, 11) is 0. The molecule has 1 saturated heterocycles. The molecule has 0 spiro atoms. The molecule has 2 heterocycles. The van der Waals surface area contributed by atoms with Gasteiger partial charge in [0.25, 0.3) is 0 Å². The molecule has 1 aliphatic rings. The van der Waals surface area contributed by atoms with E-state index in [1.54, 1.807) is 24.3 Å². The van der Waals surface area contributed by atoms with Crippen LogP contribution in [-0.2, 0) is 27.3 Å². The van der Waals surface area contributed by atoms with Crippen LogP contribution in [0.2, 0.25) is 5.02 Å². The van der Waals surface area contributed by atoms with Crippen LogP contribution < -0.4 is 25.1 Å². The van der Waals surface area contributed by atoms with Gasteiger partial charge in [-0.25, -0.2) is 9.36 Å². The number of carboxylic acid groups (broad SMARTS) is 1. The van der Waals surface area contributed by atoms with Crippen LogP contribution in [-0.4, -0.2) is 81.9 Å². The van der Waals surface area contributed by atoms with E-state index in [1.807, 2.05) is 47.4 Å². The van der Waals surface area contributed by atoms with Crippen molar-refractivity contribution in [2.45, 2.75) is 88.6 Å². The molecular weight excluding hydrogens is 694 g/mol. The maximum atomic E-state index is 12.5. The number of amides is 1. The maximum Gasteiger partial charge on any atom is 0.335 e. The summed E-state index contributed by atoms with van der Waals surface area (Å²) in [6.07, 6.45) is 3.07. The van der Waals surface area contributed by atoms with E-state index in [2.05, 4.69) is 10.3 Å². The fraction of sp³-hybridized carbons (Fsp3) is 0.432. The number of aliphatic imine (C=N–C) groups is 1. The average molecular weight is 739 g/mol. The van der Waals surface area contributed by atoms with Gasteiger partial charge in [-0.1, -0.05) is 30.9 Å². The second-order valence-corrected chi connectivity index (χ2v) is 12.9. The van der Waals surface area contributed by atoms with E-state index in [-0.39, 0.29) is 24.4 Å². The van der Waals surface area contributed by atoms with Gasteiger partial charge in [-0.15, -0.1) is 0 Å². The van der Waals surface area contributed by atoms with Gasteiger partial charge in [-0.05, 0) is 67.3 Å². The summed E-state index contributed by atoms with van der Waals surface area (Å²) in [5.74, 6) is -1.10. The van der Waals surface area contributed by atoms with Gasteiger partial charge in [0, 0.05) is 47.8 Å². The lowest BCUT2D eigenvalue weighted by atomic mass is 9.99. The molecule has 1 aromatic heterocycles. The quantitative estimate of drug-likeness (QED) is 0.0454. The molecule has 1 amide bonds. The minimum absolute atomic E-state index is 0.0206. The van der Waals surface area contributed by atoms with Crippen molar-refractivity contribution in [1.82, 2.24) is 0 Å². The van der Waals surface area contributed by atoms with Crippen molar-refractivity contribution >= 4 is 34.9 Å². The number of aromatic nitrogens is 1. The first kappa shape index (κ1) is 40.2. The third kappa shape index (κ3) is 12.3. The van der Waals surface area contributed by atoms with Gasteiger partial charge in [-0.2, -0.15) is 10.3 Å². The molecule has 1 fully saturated rings. The number of aliphatic hydroxyl groups excluding tert-OH is 3. The monoisotopic (exact) mass is 738 g/mol. The normalized spacial score (nSPS) is 20.2. The zero-order valence-corrected chi connectivity index (χ0v) is 29.4. The largest absolute Gasteiger partial charge is 0.494 e. The first-order valence-corrected chi connectivity index (χ1v) is 17.5. The Labute approximate surface area is 307 Å². The number of carbonyl (C=O) groups excluding carboxylic acids is 1. The molecule has 0 aliphatic carbocycles. The van der Waals surface area contributed by atoms with Crippen LogP contribution in [0.25, 0.3) is 0 Å². The van der Waals surface area contributed by atoms with Crippen LogP contribution in [0.15, 0.2) is 72.0 Å². The number of hydrogen-bond acceptors (Lipinski definition) is 11. The van der Waals surface area contributed by atoms with Gasteiger partial charge in [0.15, 0.2) is 25.0 Å². The van der Waals surface area contributed by atoms with Gasteiger partial charge in [0.1, 0.15) is 29.8 Å². The summed E-state index contributed by atoms with van der Waals surface area (Å²) in [5, 5.41) is 52.6. The van der Waals surface area contributed by atoms with E-state index in [9.17, 15) is 35.3 Å². The van der Waals surface area contributed by atoms with E-state index in [0.29, 0.717) is 24.6 Å². The van der Waals surface area contributed by atoms with E-state index < -0.39 is 42.6 Å². The molecule has 0 bridgehead atoms. The number of nitrogens with zero attached hydrogens (tertiary/aromatic N) is 3. The SMILES string of the molecule is N#CN=C(CCCCCCCOc1ccc(Cl)cc1)Cc1cc[n+](Cc2ccc(O[C@@H]3O[C@H](C(=O)O)[C@@H](O)[C@H](O)[C@H]3O)c(NC(=O)CCN)c2)cc1. The maximum absolute atomic E-state index is 12.5. The Kier molecular flexibility index (Phi) is 15.8. The number of aliphatic carboxylic acids is 1. The number of carbonyl (C=O) groups is 2. The highest BCUT2D eigenvalue weighted by Gasteiger charge is 2.48. The summed E-state index contributed by atoms with van der Waals surface area (Å²) in [5.41, 5.74) is 8.33. The van der Waals surface area contributed by atoms with Crippen LogP contribution in [0.4, 0.5) is 5.69 Å². The van der Waals surface area contributed by atoms with Crippen LogP contribution in [0.1, 0.15) is 56.1 Å². The fourth-order valence-corrected chi connectivity index (χ4v) is 5.71. The van der Waals surface area contributed by atoms with Crippen molar-refractivity contribution in [1.29, 1.82) is 5.26 Å². The van der Waals surface area contributed by atoms with Crippen molar-refractivity contribution in [3.63, 3.8) is 0 Å². The minimum Gasteiger partial charge on any atom is -0.494 e. The number of aliphatic hydroxyl groups is 3. The van der Waals surface area contributed by atoms with E-state index in [4.69, 9.17) is 31.5 Å². The van der Waals surface area contributed by atoms with Crippen molar-refractivity contribution in [3.8, 4) is 17.7 Å². The summed E-state index contributed by atoms with van der Waals surface area (Å²) >= 11 is 5.90. The Bertz CT molecular complexity index is 1680. The Hall–Kier alpha value is -4.62. The van der Waals surface area contributed by atoms with Gasteiger partial charge in [-0.3, -0.25) is 4.79 Å². The molecule has 278 valence electrons. The highest BCUT2D eigenvalue weighted by molar-refractivity contribution is 6.30. The number of nitrogens with one attached hydrogen (secondary N) is 1. The van der Waals surface area contributed by atoms with Crippen LogP contribution in [0.5, 0.6) is 11.5 Å². The summed E-state index contributed by atoms with van der Waals surface area (Å²) < 4.78 is 18.6. The number of ether oxygens (including phenoxy) is 3. The molecule has 2 aromatic carbocycles. The zero-order valence-electron chi connectivity index (χ0n) is 28.6. The predicted octanol–water partition coefficient (Wildman–Crippen LogP) is 3.12. The lowest BCUT2D eigenvalue weighted by molar-refractivity contribution is -0.688. The van der Waals surface area contributed by atoms with E-state index >= 15 is 0 Å². The number of nitrogens with two attached hydrogens (primary N) is 1. The summed E-state index contributed by atoms with van der Waals surface area (Å²) in [6.45, 7) is 1.15. The number of nitriles is 1. The first-order chi connectivity index (χ1) is 25.1. The van der Waals surface area contributed by atoms with Crippen molar-refractivity contribution < 1.29 is 48.8 Å². The fourth-order valence-electron chi connectivity index (χ4n) is 5.59. The number of anilines is 1. The average Bonchev–Trinajstić information content (AvgIpc) is 3.12. The molecule has 14 nitrogen and oxygen atoms in total. The molecule has 0 radical (unpaired) electrons. The second kappa shape index (κ2) is 20.4. The third-order valence-corrected chi connectivity index (χ3v) is 8.63. The molecule has 0 unspecified atom stereocenters. The topological polar surface area (TPSA) is 221 Å². The lowest BCUT2D eigenvalue weighted by Gasteiger charge is -2.38. The number of rotatable bonds is 19. The van der Waals surface area contributed by atoms with Crippen molar-refractivity contribution in [3.05, 3.63) is 83.1 Å². The molecule has 4 rings (SSSR count). The predicted molar refractivity (Wildman–Crippen MR) is 191 cm³/mol. The molecule has 5 atom stereocenters. The number of hydrogen-bond donors (Lipinski definition) is 6. The number of benzene rings is 2. The van der Waals surface area contributed by atoms with Crippen molar-refractivity contribution in [2.75, 3.05) is 18.5 Å². The van der Waals surface area contributed by atoms with Crippen LogP contribution in [0, 0.1) is 11.5 Å². The highest BCUT2D eigenvalue weighted by Crippen LogP contribution is 2.31. The Morgan fingerprint density at radius 3 is 2.35 bits per heavy atom. The Balaban J connectivity index is 1.30. The zero-order chi connectivity index (χ0) is 37.5. The Morgan fingerprint density at radius 2 is 1.65 bits per heavy atom. The van der Waals surface area contributed by atoms with Crippen LogP contribution in [0.3, 0.4) is 0 Å². The van der Waals surface area contributed by atoms with E-state index in [0.717, 1.165) is 61.1 Å². The molecule has 1 aliphatic heterocycles. The van der Waals surface area contributed by atoms with Gasteiger partial charge in [0.2, 0.25) is 18.4 Å². The molecule has 7 N–H and O–H groups in total. The minimum atomic E-state index is -1.87. The number of halogens is 1. The second-order valence-electron chi connectivity index (χ2n) is 12.4. The molecular formula is C37H45ClN5O9+. The molecule has 0 saturated carbocycles. The molecule has 52 heavy (non-hydrogen) atoms. The number of carboxylic acids is 1. The number of pyridine rings is 1. The van der Waals surface area contributed by atoms with Gasteiger partial charge >= 0.3 is 5.97 Å². The van der Waals surface area contributed by atoms with Gasteiger partial charge < -0.3 is 45.7 Å². The highest BCUT2D eigenvalue weighted by atomic mass is 35.5. The van der Waals surface area contributed by atoms with Crippen molar-refractivity contribution in [2.24, 2.45) is 10.7 Å². The molecule has 3 aromatic rings. The smallest absolute Gasteiger partial charge is 0.335 e. The first-order valence-electron chi connectivity index (χ1n) is 17.1. The summed E-state index contributed by atoms with van der Waals surface area (Å²) in [6, 6.07) is 16.1. The van der Waals surface area contributed by atoms with E-state index in [1.165, 1.54) is 6.07 Å². The Morgan fingerprint density at radius 1 is 0.942 bits per heavy atom. The summed E-state index contributed by atoms with van der Waals surface area (Å²) in [4.78, 5) is 28.1. The third-order valence-electron chi connectivity index (χ3n) is 8.38. The van der Waals surface area contributed by atoms with Gasteiger partial charge in [0.05, 0.1) is 12.3 Å². The van der Waals surface area contributed by atoms with Crippen LogP contribution >= 0.6 is 11.6 Å².